The monoisotopic (exact) mass is 348 g/mol. The Bertz CT molecular complexity index is 932. The summed E-state index contributed by atoms with van der Waals surface area (Å²) in [4.78, 5) is 30.8. The molecule has 0 aliphatic rings. The van der Waals surface area contributed by atoms with Gasteiger partial charge < -0.3 is 10.3 Å². The van der Waals surface area contributed by atoms with Gasteiger partial charge in [-0.05, 0) is 29.8 Å². The number of nitrogens with one attached hydrogen (secondary N) is 3. The number of aromatic amines is 1. The van der Waals surface area contributed by atoms with E-state index in [1.54, 1.807) is 48.8 Å². The van der Waals surface area contributed by atoms with Crippen molar-refractivity contribution in [1.29, 1.82) is 0 Å². The summed E-state index contributed by atoms with van der Waals surface area (Å²) in [6.45, 7) is 0. The van der Waals surface area contributed by atoms with Gasteiger partial charge in [0.25, 0.3) is 11.8 Å². The third kappa shape index (κ3) is 4.03. The number of rotatable bonds is 5. The molecule has 0 aliphatic carbocycles. The molecule has 2 aromatic carbocycles. The van der Waals surface area contributed by atoms with Gasteiger partial charge in [-0.3, -0.25) is 14.8 Å². The van der Waals surface area contributed by atoms with Gasteiger partial charge in [-0.15, -0.1) is 0 Å². The van der Waals surface area contributed by atoms with Gasteiger partial charge >= 0.3 is 0 Å². The molecule has 0 unspecified atom stereocenters. The van der Waals surface area contributed by atoms with E-state index in [4.69, 9.17) is 5.21 Å². The number of hydroxylamine groups is 1. The summed E-state index contributed by atoms with van der Waals surface area (Å²) in [6.07, 6.45) is 6.07. The van der Waals surface area contributed by atoms with Gasteiger partial charge in [-0.1, -0.05) is 30.3 Å². The van der Waals surface area contributed by atoms with E-state index in [0.717, 1.165) is 11.4 Å². The predicted molar refractivity (Wildman–Crippen MR) is 97.4 cm³/mol. The molecule has 7 heteroatoms. The minimum atomic E-state index is -0.653. The average Bonchev–Trinajstić information content (AvgIpc) is 3.22. The lowest BCUT2D eigenvalue weighted by atomic mass is 10.1. The number of imidazole rings is 1. The van der Waals surface area contributed by atoms with Crippen LogP contribution in [0.2, 0.25) is 0 Å². The van der Waals surface area contributed by atoms with Crippen LogP contribution in [0.25, 0.3) is 17.5 Å². The molecule has 130 valence electrons. The Morgan fingerprint density at radius 2 is 1.85 bits per heavy atom. The van der Waals surface area contributed by atoms with Gasteiger partial charge in [0.1, 0.15) is 5.82 Å². The minimum Gasteiger partial charge on any atom is -0.345 e. The molecule has 7 nitrogen and oxygen atoms in total. The second kappa shape index (κ2) is 7.91. The molecule has 0 saturated heterocycles. The van der Waals surface area contributed by atoms with Crippen molar-refractivity contribution in [1.82, 2.24) is 15.4 Å². The maximum atomic E-state index is 12.5. The zero-order valence-corrected chi connectivity index (χ0v) is 13.6. The molecule has 2 amide bonds. The number of nitrogens with zero attached hydrogens (tertiary/aromatic N) is 1. The molecule has 1 heterocycles. The molecular weight excluding hydrogens is 332 g/mol. The number of amides is 2. The Labute approximate surface area is 149 Å². The summed E-state index contributed by atoms with van der Waals surface area (Å²) in [7, 11) is 0. The third-order valence-electron chi connectivity index (χ3n) is 3.65. The van der Waals surface area contributed by atoms with E-state index in [2.05, 4.69) is 15.3 Å². The number of carbonyl (C=O) groups excluding carboxylic acids is 2. The van der Waals surface area contributed by atoms with E-state index in [1.807, 2.05) is 12.1 Å². The summed E-state index contributed by atoms with van der Waals surface area (Å²) < 4.78 is 0. The quantitative estimate of drug-likeness (QED) is 0.323. The van der Waals surface area contributed by atoms with Crippen LogP contribution < -0.4 is 10.8 Å². The number of H-pyrrole nitrogens is 1. The summed E-state index contributed by atoms with van der Waals surface area (Å²) >= 11 is 0. The third-order valence-corrected chi connectivity index (χ3v) is 3.65. The molecule has 0 fully saturated rings. The van der Waals surface area contributed by atoms with Gasteiger partial charge in [0.15, 0.2) is 0 Å². The van der Waals surface area contributed by atoms with Gasteiger partial charge in [0, 0.05) is 35.3 Å². The number of anilines is 1. The van der Waals surface area contributed by atoms with Crippen LogP contribution in [-0.2, 0) is 4.79 Å². The Balaban J connectivity index is 1.76. The van der Waals surface area contributed by atoms with Crippen molar-refractivity contribution in [2.45, 2.75) is 0 Å². The molecule has 3 rings (SSSR count). The highest BCUT2D eigenvalue weighted by molar-refractivity contribution is 6.05. The minimum absolute atomic E-state index is 0.275. The van der Waals surface area contributed by atoms with Gasteiger partial charge in [-0.25, -0.2) is 10.5 Å². The summed E-state index contributed by atoms with van der Waals surface area (Å²) in [5.74, 6) is -0.197. The fourth-order valence-electron chi connectivity index (χ4n) is 2.36. The highest BCUT2D eigenvalue weighted by Crippen LogP contribution is 2.19. The lowest BCUT2D eigenvalue weighted by Crippen LogP contribution is -2.15. The van der Waals surface area contributed by atoms with E-state index in [1.165, 1.54) is 17.6 Å². The molecule has 4 N–H and O–H groups in total. The Morgan fingerprint density at radius 1 is 1.08 bits per heavy atom. The van der Waals surface area contributed by atoms with Crippen molar-refractivity contribution in [3.8, 4) is 11.4 Å². The number of para-hydroxylation sites is 1. The van der Waals surface area contributed by atoms with Crippen LogP contribution in [0, 0.1) is 0 Å². The molecule has 0 bridgehead atoms. The highest BCUT2D eigenvalue weighted by atomic mass is 16.5. The van der Waals surface area contributed by atoms with Crippen molar-refractivity contribution in [2.24, 2.45) is 0 Å². The second-order valence-corrected chi connectivity index (χ2v) is 5.37. The second-order valence-electron chi connectivity index (χ2n) is 5.37. The normalized spacial score (nSPS) is 10.7. The van der Waals surface area contributed by atoms with Crippen LogP contribution in [0.5, 0.6) is 0 Å². The number of carbonyl (C=O) groups is 2. The maximum Gasteiger partial charge on any atom is 0.267 e. The molecule has 0 spiro atoms. The van der Waals surface area contributed by atoms with Crippen molar-refractivity contribution in [3.63, 3.8) is 0 Å². The predicted octanol–water partition coefficient (Wildman–Crippen LogP) is 2.85. The standard InChI is InChI=1S/C19H16N4O3/c24-17(23-26)10-9-13-3-1-2-4-16(13)22-19(25)15-7-5-14(6-8-15)18-20-11-12-21-18/h1-12,26H,(H,20,21)(H,22,25)(H,23,24). The van der Waals surface area contributed by atoms with Crippen molar-refractivity contribution in [3.05, 3.63) is 78.1 Å². The van der Waals surface area contributed by atoms with E-state index in [0.29, 0.717) is 16.8 Å². The number of hydrogen-bond acceptors (Lipinski definition) is 4. The van der Waals surface area contributed by atoms with Crippen LogP contribution >= 0.6 is 0 Å². The fourth-order valence-corrected chi connectivity index (χ4v) is 2.36. The van der Waals surface area contributed by atoms with Crippen molar-refractivity contribution >= 4 is 23.6 Å². The first-order chi connectivity index (χ1) is 12.7. The van der Waals surface area contributed by atoms with Crippen LogP contribution in [0.3, 0.4) is 0 Å². The molecule has 0 saturated carbocycles. The lowest BCUT2D eigenvalue weighted by Gasteiger charge is -2.09. The Hall–Kier alpha value is -3.71. The highest BCUT2D eigenvalue weighted by Gasteiger charge is 2.09. The Kier molecular flexibility index (Phi) is 5.21. The van der Waals surface area contributed by atoms with Crippen molar-refractivity contribution < 1.29 is 14.8 Å². The van der Waals surface area contributed by atoms with Crippen molar-refractivity contribution in [2.75, 3.05) is 5.32 Å². The van der Waals surface area contributed by atoms with Gasteiger partial charge in [0.05, 0.1) is 0 Å². The van der Waals surface area contributed by atoms with E-state index >= 15 is 0 Å². The summed E-state index contributed by atoms with van der Waals surface area (Å²) in [5, 5.41) is 11.4. The van der Waals surface area contributed by atoms with Crippen LogP contribution in [-0.4, -0.2) is 27.0 Å². The topological polar surface area (TPSA) is 107 Å². The molecule has 3 aromatic rings. The number of benzene rings is 2. The van der Waals surface area contributed by atoms with Crippen LogP contribution in [0.4, 0.5) is 5.69 Å². The number of aromatic nitrogens is 2. The smallest absolute Gasteiger partial charge is 0.267 e. The molecule has 0 aliphatic heterocycles. The molecule has 0 radical (unpaired) electrons. The van der Waals surface area contributed by atoms with E-state index in [-0.39, 0.29) is 5.91 Å². The molecule has 0 atom stereocenters. The first-order valence-electron chi connectivity index (χ1n) is 7.80. The number of hydrogen-bond donors (Lipinski definition) is 4. The SMILES string of the molecule is O=C(C=Cc1ccccc1NC(=O)c1ccc(-c2ncc[nH]2)cc1)NO. The summed E-state index contributed by atoms with van der Waals surface area (Å²) in [6, 6.07) is 14.1. The molecular formula is C19H16N4O3. The first kappa shape index (κ1) is 17.1. The zero-order chi connectivity index (χ0) is 18.4. The van der Waals surface area contributed by atoms with E-state index in [9.17, 15) is 9.59 Å². The average molecular weight is 348 g/mol. The molecule has 1 aromatic heterocycles. The fraction of sp³-hybridized carbons (Fsp3) is 0. The Morgan fingerprint density at radius 3 is 2.54 bits per heavy atom. The van der Waals surface area contributed by atoms with Gasteiger partial charge in [-0.2, -0.15) is 0 Å². The van der Waals surface area contributed by atoms with Crippen LogP contribution in [0.1, 0.15) is 15.9 Å². The van der Waals surface area contributed by atoms with E-state index < -0.39 is 5.91 Å². The van der Waals surface area contributed by atoms with Crippen LogP contribution in [0.15, 0.2) is 67.0 Å². The lowest BCUT2D eigenvalue weighted by molar-refractivity contribution is -0.124. The first-order valence-corrected chi connectivity index (χ1v) is 7.80. The molecule has 26 heavy (non-hydrogen) atoms. The zero-order valence-electron chi connectivity index (χ0n) is 13.6. The summed E-state index contributed by atoms with van der Waals surface area (Å²) in [5.41, 5.74) is 4.08. The van der Waals surface area contributed by atoms with Gasteiger partial charge in [0.2, 0.25) is 0 Å². The maximum absolute atomic E-state index is 12.5. The largest absolute Gasteiger partial charge is 0.345 e.